The Morgan fingerprint density at radius 2 is 1.02 bits per heavy atom. The summed E-state index contributed by atoms with van der Waals surface area (Å²) >= 11 is 0. The molecule has 1 saturated carbocycles. The molecule has 0 bridgehead atoms. The van der Waals surface area contributed by atoms with Crippen LogP contribution in [-0.2, 0) is 5.41 Å². The van der Waals surface area contributed by atoms with Crippen LogP contribution < -0.4 is 0 Å². The second-order valence-corrected chi connectivity index (χ2v) is 13.5. The Morgan fingerprint density at radius 3 is 1.78 bits per heavy atom. The van der Waals surface area contributed by atoms with E-state index < -0.39 is 0 Å². The first-order valence-corrected chi connectivity index (χ1v) is 17.4. The van der Waals surface area contributed by atoms with Crippen molar-refractivity contribution >= 4 is 21.8 Å². The van der Waals surface area contributed by atoms with Gasteiger partial charge < -0.3 is 0 Å². The molecule has 0 N–H and O–H groups in total. The third-order valence-corrected chi connectivity index (χ3v) is 10.9. The second-order valence-electron chi connectivity index (χ2n) is 13.5. The highest BCUT2D eigenvalue weighted by Crippen LogP contribution is 2.57. The molecule has 0 radical (unpaired) electrons. The maximum absolute atomic E-state index is 5.25. The Bertz CT molecular complexity index is 2510. The molecule has 0 aliphatic heterocycles. The summed E-state index contributed by atoms with van der Waals surface area (Å²) in [6.45, 7) is 0. The fourth-order valence-electron chi connectivity index (χ4n) is 8.58. The SMILES string of the molecule is c1ccc(-c2ccc(-c3nc(-c4ccccc4)nc(-n4c5ccccc5c5cc6c(cc54)C4(CCCCC4)c4ccccc4-6)n3)cc2)cc1. The molecule has 0 atom stereocenters. The van der Waals surface area contributed by atoms with Gasteiger partial charge in [0.25, 0.3) is 0 Å². The zero-order valence-electron chi connectivity index (χ0n) is 27.2. The van der Waals surface area contributed by atoms with Gasteiger partial charge in [-0.1, -0.05) is 147 Å². The molecule has 0 amide bonds. The third-order valence-electron chi connectivity index (χ3n) is 10.9. The summed E-state index contributed by atoms with van der Waals surface area (Å²) in [7, 11) is 0. The highest BCUT2D eigenvalue weighted by molar-refractivity contribution is 6.11. The molecule has 2 aliphatic carbocycles. The second kappa shape index (κ2) is 11.1. The fourth-order valence-corrected chi connectivity index (χ4v) is 8.58. The number of hydrogen-bond donors (Lipinski definition) is 0. The minimum absolute atomic E-state index is 0.0552. The van der Waals surface area contributed by atoms with E-state index in [1.165, 1.54) is 70.7 Å². The average Bonchev–Trinajstić information content (AvgIpc) is 3.64. The Kier molecular flexibility index (Phi) is 6.38. The van der Waals surface area contributed by atoms with Crippen molar-refractivity contribution in [3.63, 3.8) is 0 Å². The van der Waals surface area contributed by atoms with E-state index in [2.05, 4.69) is 126 Å². The van der Waals surface area contributed by atoms with E-state index in [1.807, 2.05) is 24.3 Å². The van der Waals surface area contributed by atoms with Crippen LogP contribution in [0.3, 0.4) is 0 Å². The van der Waals surface area contributed by atoms with Crippen LogP contribution >= 0.6 is 0 Å². The molecular weight excluding hydrogens is 597 g/mol. The van der Waals surface area contributed by atoms with Gasteiger partial charge in [-0.2, -0.15) is 9.97 Å². The molecular formula is C45H34N4. The Balaban J connectivity index is 1.22. The highest BCUT2D eigenvalue weighted by atomic mass is 15.2. The molecule has 234 valence electrons. The van der Waals surface area contributed by atoms with Crippen molar-refractivity contribution < 1.29 is 0 Å². The number of hydrogen-bond acceptors (Lipinski definition) is 3. The van der Waals surface area contributed by atoms with E-state index in [0.29, 0.717) is 17.6 Å². The fraction of sp³-hybridized carbons (Fsp3) is 0.133. The predicted molar refractivity (Wildman–Crippen MR) is 200 cm³/mol. The van der Waals surface area contributed by atoms with E-state index in [0.717, 1.165) is 27.7 Å². The molecule has 0 saturated heterocycles. The van der Waals surface area contributed by atoms with Gasteiger partial charge in [0, 0.05) is 27.3 Å². The quantitative estimate of drug-likeness (QED) is 0.194. The summed E-state index contributed by atoms with van der Waals surface area (Å²) in [6.07, 6.45) is 6.21. The van der Waals surface area contributed by atoms with Gasteiger partial charge in [0.15, 0.2) is 11.6 Å². The number of aromatic nitrogens is 4. The summed E-state index contributed by atoms with van der Waals surface area (Å²) < 4.78 is 2.28. The van der Waals surface area contributed by atoms with Crippen molar-refractivity contribution in [3.8, 4) is 51.0 Å². The van der Waals surface area contributed by atoms with Crippen LogP contribution in [0.1, 0.15) is 43.2 Å². The van der Waals surface area contributed by atoms with E-state index in [9.17, 15) is 0 Å². The Morgan fingerprint density at radius 1 is 0.429 bits per heavy atom. The number of rotatable bonds is 4. The minimum atomic E-state index is 0.0552. The molecule has 4 heteroatoms. The monoisotopic (exact) mass is 630 g/mol. The lowest BCUT2D eigenvalue weighted by Crippen LogP contribution is -2.28. The minimum Gasteiger partial charge on any atom is -0.278 e. The van der Waals surface area contributed by atoms with Crippen LogP contribution in [0.5, 0.6) is 0 Å². The lowest BCUT2D eigenvalue weighted by atomic mass is 9.68. The molecule has 49 heavy (non-hydrogen) atoms. The van der Waals surface area contributed by atoms with Crippen molar-refractivity contribution in [1.29, 1.82) is 0 Å². The predicted octanol–water partition coefficient (Wildman–Crippen LogP) is 11.2. The standard InChI is InChI=1S/C45H34N4/c1-4-14-30(15-5-1)31-22-24-33(25-23-31)43-46-42(32-16-6-2-7-17-32)47-44(48-43)49-40-21-11-9-19-35(40)37-28-36-34-18-8-10-20-38(34)45(26-12-3-13-27-45)39(36)29-41(37)49/h1-2,4-11,14-25,28-29H,3,12-13,26-27H2. The molecule has 2 aromatic heterocycles. The van der Waals surface area contributed by atoms with Crippen molar-refractivity contribution in [2.45, 2.75) is 37.5 Å². The lowest BCUT2D eigenvalue weighted by Gasteiger charge is -2.36. The van der Waals surface area contributed by atoms with Crippen LogP contribution in [-0.4, -0.2) is 19.5 Å². The highest BCUT2D eigenvalue weighted by Gasteiger charge is 2.44. The Labute approximate surface area is 285 Å². The maximum atomic E-state index is 5.25. The number of nitrogens with zero attached hydrogens (tertiary/aromatic N) is 4. The zero-order chi connectivity index (χ0) is 32.4. The van der Waals surface area contributed by atoms with Gasteiger partial charge in [-0.25, -0.2) is 4.98 Å². The molecule has 8 aromatic rings. The van der Waals surface area contributed by atoms with Crippen molar-refractivity contribution in [2.75, 3.05) is 0 Å². The lowest BCUT2D eigenvalue weighted by molar-refractivity contribution is 0.353. The van der Waals surface area contributed by atoms with E-state index >= 15 is 0 Å². The first-order valence-electron chi connectivity index (χ1n) is 17.4. The molecule has 2 heterocycles. The number of para-hydroxylation sites is 1. The van der Waals surface area contributed by atoms with E-state index in [4.69, 9.17) is 15.0 Å². The molecule has 4 nitrogen and oxygen atoms in total. The normalized spacial score (nSPS) is 14.7. The van der Waals surface area contributed by atoms with Crippen molar-refractivity contribution in [1.82, 2.24) is 19.5 Å². The first kappa shape index (κ1) is 28.2. The van der Waals surface area contributed by atoms with Crippen LogP contribution in [0.25, 0.3) is 72.8 Å². The smallest absolute Gasteiger partial charge is 0.238 e. The van der Waals surface area contributed by atoms with Gasteiger partial charge in [0.1, 0.15) is 0 Å². The van der Waals surface area contributed by atoms with Crippen molar-refractivity contribution in [3.05, 3.63) is 157 Å². The zero-order valence-corrected chi connectivity index (χ0v) is 27.2. The van der Waals surface area contributed by atoms with Crippen LogP contribution in [0.4, 0.5) is 0 Å². The third kappa shape index (κ3) is 4.40. The van der Waals surface area contributed by atoms with Crippen LogP contribution in [0.15, 0.2) is 146 Å². The van der Waals surface area contributed by atoms with Gasteiger partial charge in [0.2, 0.25) is 5.95 Å². The van der Waals surface area contributed by atoms with E-state index in [-0.39, 0.29) is 5.41 Å². The summed E-state index contributed by atoms with van der Waals surface area (Å²) in [5, 5.41) is 2.44. The number of fused-ring (bicyclic) bond motifs is 8. The molecule has 1 fully saturated rings. The Hall–Kier alpha value is -5.87. The van der Waals surface area contributed by atoms with Gasteiger partial charge in [-0.05, 0) is 64.4 Å². The molecule has 0 unspecified atom stereocenters. The van der Waals surface area contributed by atoms with Crippen molar-refractivity contribution in [2.24, 2.45) is 0 Å². The average molecular weight is 631 g/mol. The number of benzene rings is 6. The van der Waals surface area contributed by atoms with Crippen LogP contribution in [0, 0.1) is 0 Å². The largest absolute Gasteiger partial charge is 0.278 e. The van der Waals surface area contributed by atoms with Crippen LogP contribution in [0.2, 0.25) is 0 Å². The van der Waals surface area contributed by atoms with Gasteiger partial charge in [-0.3, -0.25) is 4.57 Å². The summed E-state index contributed by atoms with van der Waals surface area (Å²) in [5.41, 5.74) is 12.3. The topological polar surface area (TPSA) is 43.6 Å². The maximum Gasteiger partial charge on any atom is 0.238 e. The van der Waals surface area contributed by atoms with E-state index in [1.54, 1.807) is 0 Å². The molecule has 2 aliphatic rings. The summed E-state index contributed by atoms with van der Waals surface area (Å²) in [5.74, 6) is 1.96. The van der Waals surface area contributed by atoms with Gasteiger partial charge >= 0.3 is 0 Å². The molecule has 10 rings (SSSR count). The summed E-state index contributed by atoms with van der Waals surface area (Å²) in [6, 6.07) is 52.0. The molecule has 1 spiro atoms. The summed E-state index contributed by atoms with van der Waals surface area (Å²) in [4.78, 5) is 15.5. The van der Waals surface area contributed by atoms with Gasteiger partial charge in [0.05, 0.1) is 11.0 Å². The molecule has 6 aromatic carbocycles. The first-order chi connectivity index (χ1) is 24.3. The van der Waals surface area contributed by atoms with Gasteiger partial charge in [-0.15, -0.1) is 0 Å².